The van der Waals surface area contributed by atoms with Crippen LogP contribution >= 0.6 is 0 Å². The molecule has 1 aliphatic heterocycles. The Morgan fingerprint density at radius 2 is 2.05 bits per heavy atom. The molecule has 20 heavy (non-hydrogen) atoms. The molecule has 1 atom stereocenters. The van der Waals surface area contributed by atoms with Crippen LogP contribution in [0, 0.1) is 0 Å². The van der Waals surface area contributed by atoms with Crippen LogP contribution in [0.3, 0.4) is 0 Å². The molecule has 0 aliphatic carbocycles. The molecule has 0 aromatic heterocycles. The summed E-state index contributed by atoms with van der Waals surface area (Å²) in [5, 5.41) is 3.02. The molecular formula is C13H16F3NO2S. The van der Waals surface area contributed by atoms with E-state index >= 15 is 0 Å². The van der Waals surface area contributed by atoms with Crippen LogP contribution < -0.4 is 5.32 Å². The highest BCUT2D eigenvalue weighted by atomic mass is 32.2. The van der Waals surface area contributed by atoms with E-state index in [-0.39, 0.29) is 17.5 Å². The lowest BCUT2D eigenvalue weighted by Gasteiger charge is -2.27. The van der Waals surface area contributed by atoms with Gasteiger partial charge in [-0.15, -0.1) is 0 Å². The zero-order valence-corrected chi connectivity index (χ0v) is 11.8. The van der Waals surface area contributed by atoms with Gasteiger partial charge in [0, 0.05) is 17.5 Å². The minimum absolute atomic E-state index is 0.0178. The fourth-order valence-electron chi connectivity index (χ4n) is 2.29. The molecule has 0 bridgehead atoms. The molecule has 1 unspecified atom stereocenters. The Bertz CT molecular complexity index is 596. The molecule has 112 valence electrons. The molecule has 1 N–H and O–H groups in total. The van der Waals surface area contributed by atoms with Crippen molar-refractivity contribution in [2.45, 2.75) is 32.0 Å². The molecular weight excluding hydrogens is 291 g/mol. The zero-order chi connectivity index (χ0) is 15.0. The van der Waals surface area contributed by atoms with E-state index in [0.29, 0.717) is 24.1 Å². The number of alkyl halides is 3. The summed E-state index contributed by atoms with van der Waals surface area (Å²) >= 11 is 0. The van der Waals surface area contributed by atoms with Gasteiger partial charge in [-0.1, -0.05) is 6.92 Å². The standard InChI is InChI=1S/C13H16F3NO2S/c1-2-20(18,19)8-11-5-3-9-7-10(13(14,15)16)4-6-12(9)17-11/h4,6-7,11,17H,2-3,5,8H2,1H3. The number of sulfone groups is 1. The molecule has 2 rings (SSSR count). The zero-order valence-electron chi connectivity index (χ0n) is 11.0. The van der Waals surface area contributed by atoms with Crippen molar-refractivity contribution in [1.82, 2.24) is 0 Å². The summed E-state index contributed by atoms with van der Waals surface area (Å²) in [4.78, 5) is 0. The van der Waals surface area contributed by atoms with Crippen LogP contribution in [-0.2, 0) is 22.4 Å². The summed E-state index contributed by atoms with van der Waals surface area (Å²) in [6, 6.07) is 3.29. The minimum atomic E-state index is -4.35. The van der Waals surface area contributed by atoms with Crippen molar-refractivity contribution in [2.24, 2.45) is 0 Å². The van der Waals surface area contributed by atoms with Gasteiger partial charge in [-0.25, -0.2) is 8.42 Å². The second-order valence-electron chi connectivity index (χ2n) is 4.95. The molecule has 0 saturated heterocycles. The van der Waals surface area contributed by atoms with Gasteiger partial charge in [0.2, 0.25) is 0 Å². The average Bonchev–Trinajstić information content (AvgIpc) is 2.36. The molecule has 3 nitrogen and oxygen atoms in total. The average molecular weight is 307 g/mol. The number of aryl methyl sites for hydroxylation is 1. The van der Waals surface area contributed by atoms with Gasteiger partial charge in [0.25, 0.3) is 0 Å². The number of fused-ring (bicyclic) bond motifs is 1. The van der Waals surface area contributed by atoms with Crippen molar-refractivity contribution in [3.8, 4) is 0 Å². The Labute approximate surface area is 116 Å². The molecule has 0 saturated carbocycles. The molecule has 0 amide bonds. The van der Waals surface area contributed by atoms with Gasteiger partial charge in [-0.3, -0.25) is 0 Å². The number of halogens is 3. The summed E-state index contributed by atoms with van der Waals surface area (Å²) in [6.45, 7) is 1.59. The highest BCUT2D eigenvalue weighted by molar-refractivity contribution is 7.91. The van der Waals surface area contributed by atoms with Gasteiger partial charge in [0.1, 0.15) is 0 Å². The third-order valence-corrected chi connectivity index (χ3v) is 5.24. The summed E-state index contributed by atoms with van der Waals surface area (Å²) in [5.74, 6) is 0.0923. The molecule has 1 aromatic carbocycles. The number of rotatable bonds is 3. The van der Waals surface area contributed by atoms with Crippen LogP contribution in [0.1, 0.15) is 24.5 Å². The van der Waals surface area contributed by atoms with E-state index in [1.165, 1.54) is 6.07 Å². The van der Waals surface area contributed by atoms with E-state index in [2.05, 4.69) is 5.32 Å². The predicted octanol–water partition coefficient (Wildman–Crippen LogP) is 2.87. The minimum Gasteiger partial charge on any atom is -0.381 e. The van der Waals surface area contributed by atoms with E-state index in [1.54, 1.807) is 6.92 Å². The van der Waals surface area contributed by atoms with Crippen LogP contribution in [0.4, 0.5) is 18.9 Å². The van der Waals surface area contributed by atoms with Crippen molar-refractivity contribution >= 4 is 15.5 Å². The highest BCUT2D eigenvalue weighted by Crippen LogP contribution is 2.34. The predicted molar refractivity (Wildman–Crippen MR) is 71.5 cm³/mol. The Morgan fingerprint density at radius 3 is 2.65 bits per heavy atom. The third kappa shape index (κ3) is 3.45. The monoisotopic (exact) mass is 307 g/mol. The Kier molecular flexibility index (Phi) is 4.00. The van der Waals surface area contributed by atoms with Gasteiger partial charge in [0.15, 0.2) is 9.84 Å². The first kappa shape index (κ1) is 15.2. The number of benzene rings is 1. The SMILES string of the molecule is CCS(=O)(=O)CC1CCc2cc(C(F)(F)F)ccc2N1. The molecule has 0 radical (unpaired) electrons. The summed E-state index contributed by atoms with van der Waals surface area (Å²) in [5.41, 5.74) is 0.517. The van der Waals surface area contributed by atoms with E-state index in [0.717, 1.165) is 12.1 Å². The molecule has 0 spiro atoms. The van der Waals surface area contributed by atoms with Gasteiger partial charge in [-0.05, 0) is 36.6 Å². The Morgan fingerprint density at radius 1 is 1.35 bits per heavy atom. The lowest BCUT2D eigenvalue weighted by molar-refractivity contribution is -0.137. The fraction of sp³-hybridized carbons (Fsp3) is 0.538. The summed E-state index contributed by atoms with van der Waals surface area (Å²) in [7, 11) is -3.10. The largest absolute Gasteiger partial charge is 0.416 e. The number of hydrogen-bond acceptors (Lipinski definition) is 3. The van der Waals surface area contributed by atoms with Crippen molar-refractivity contribution < 1.29 is 21.6 Å². The van der Waals surface area contributed by atoms with Crippen molar-refractivity contribution in [1.29, 1.82) is 0 Å². The highest BCUT2D eigenvalue weighted by Gasteiger charge is 2.32. The normalized spacial score (nSPS) is 19.3. The van der Waals surface area contributed by atoms with Crippen LogP contribution in [-0.4, -0.2) is 26.0 Å². The van der Waals surface area contributed by atoms with Gasteiger partial charge >= 0.3 is 6.18 Å². The lowest BCUT2D eigenvalue weighted by atomic mass is 9.97. The van der Waals surface area contributed by atoms with Crippen molar-refractivity contribution in [3.63, 3.8) is 0 Å². The molecule has 1 aliphatic rings. The smallest absolute Gasteiger partial charge is 0.381 e. The third-order valence-electron chi connectivity index (χ3n) is 3.45. The second-order valence-corrected chi connectivity index (χ2v) is 7.35. The van der Waals surface area contributed by atoms with E-state index < -0.39 is 21.6 Å². The number of hydrogen-bond donors (Lipinski definition) is 1. The maximum atomic E-state index is 12.6. The first-order chi connectivity index (χ1) is 9.21. The summed E-state index contributed by atoms with van der Waals surface area (Å²) in [6.07, 6.45) is -3.37. The van der Waals surface area contributed by atoms with Crippen molar-refractivity contribution in [3.05, 3.63) is 29.3 Å². The quantitative estimate of drug-likeness (QED) is 0.934. The molecule has 7 heteroatoms. The maximum absolute atomic E-state index is 12.6. The fourth-order valence-corrected chi connectivity index (χ4v) is 3.39. The Balaban J connectivity index is 2.16. The number of anilines is 1. The first-order valence-corrected chi connectivity index (χ1v) is 8.20. The van der Waals surface area contributed by atoms with Gasteiger partial charge in [-0.2, -0.15) is 13.2 Å². The van der Waals surface area contributed by atoms with Crippen LogP contribution in [0.2, 0.25) is 0 Å². The van der Waals surface area contributed by atoms with Crippen LogP contribution in [0.25, 0.3) is 0 Å². The van der Waals surface area contributed by atoms with E-state index in [4.69, 9.17) is 0 Å². The summed E-state index contributed by atoms with van der Waals surface area (Å²) < 4.78 is 61.0. The van der Waals surface area contributed by atoms with Crippen LogP contribution in [0.15, 0.2) is 18.2 Å². The molecule has 0 fully saturated rings. The molecule has 1 heterocycles. The van der Waals surface area contributed by atoms with Gasteiger partial charge < -0.3 is 5.32 Å². The Hall–Kier alpha value is -1.24. The van der Waals surface area contributed by atoms with E-state index in [9.17, 15) is 21.6 Å². The first-order valence-electron chi connectivity index (χ1n) is 6.38. The van der Waals surface area contributed by atoms with Crippen molar-refractivity contribution in [2.75, 3.05) is 16.8 Å². The van der Waals surface area contributed by atoms with E-state index in [1.807, 2.05) is 0 Å². The van der Waals surface area contributed by atoms with Crippen LogP contribution in [0.5, 0.6) is 0 Å². The topological polar surface area (TPSA) is 46.2 Å². The maximum Gasteiger partial charge on any atom is 0.416 e. The molecule has 1 aromatic rings. The number of nitrogens with one attached hydrogen (secondary N) is 1. The lowest BCUT2D eigenvalue weighted by Crippen LogP contribution is -2.33. The van der Waals surface area contributed by atoms with Gasteiger partial charge in [0.05, 0.1) is 11.3 Å². The second kappa shape index (κ2) is 5.27.